The molecule has 0 radical (unpaired) electrons. The van der Waals surface area contributed by atoms with Crippen molar-refractivity contribution in [2.75, 3.05) is 11.4 Å². The van der Waals surface area contributed by atoms with Crippen molar-refractivity contribution >= 4 is 12.0 Å². The van der Waals surface area contributed by atoms with Crippen LogP contribution < -0.4 is 4.90 Å². The summed E-state index contributed by atoms with van der Waals surface area (Å²) in [6, 6.07) is 7.43. The molecule has 1 fully saturated rings. The van der Waals surface area contributed by atoms with Gasteiger partial charge in [0.25, 0.3) is 0 Å². The first-order chi connectivity index (χ1) is 9.79. The number of carbonyl (C=O) groups excluding carboxylic acids is 1. The van der Waals surface area contributed by atoms with E-state index in [4.69, 9.17) is 0 Å². The highest BCUT2D eigenvalue weighted by atomic mass is 16.1. The molecule has 2 aliphatic rings. The van der Waals surface area contributed by atoms with Gasteiger partial charge in [-0.15, -0.1) is 0 Å². The van der Waals surface area contributed by atoms with Gasteiger partial charge in [-0.25, -0.2) is 0 Å². The molecule has 2 nitrogen and oxygen atoms in total. The van der Waals surface area contributed by atoms with Crippen molar-refractivity contribution in [1.82, 2.24) is 0 Å². The molecule has 3 rings (SSSR count). The molecule has 108 valence electrons. The van der Waals surface area contributed by atoms with E-state index >= 15 is 0 Å². The molecule has 1 atom stereocenters. The lowest BCUT2D eigenvalue weighted by molar-refractivity contribution is -0.108. The van der Waals surface area contributed by atoms with E-state index in [-0.39, 0.29) is 5.92 Å². The maximum Gasteiger partial charge on any atom is 0.127 e. The smallest absolute Gasteiger partial charge is 0.127 e. The Morgan fingerprint density at radius 3 is 2.75 bits per heavy atom. The number of fused-ring (bicyclic) bond motifs is 1. The standard InChI is InChI=1S/C18H25NO/c1-14(13-20)15-9-10-18-16(12-15)6-5-11-19(18)17-7-3-2-4-8-17/h9-10,12-14,17H,2-8,11H2,1H3. The second-order valence-corrected chi connectivity index (χ2v) is 6.40. The fourth-order valence-corrected chi connectivity index (χ4v) is 3.78. The summed E-state index contributed by atoms with van der Waals surface area (Å²) in [6.07, 6.45) is 10.3. The minimum Gasteiger partial charge on any atom is -0.368 e. The molecule has 1 saturated carbocycles. The molecule has 0 bridgehead atoms. The highest BCUT2D eigenvalue weighted by molar-refractivity contribution is 5.65. The van der Waals surface area contributed by atoms with Crippen molar-refractivity contribution in [2.24, 2.45) is 0 Å². The summed E-state index contributed by atoms with van der Waals surface area (Å²) in [7, 11) is 0. The van der Waals surface area contributed by atoms with Gasteiger partial charge in [-0.1, -0.05) is 38.3 Å². The first-order valence-electron chi connectivity index (χ1n) is 8.14. The van der Waals surface area contributed by atoms with E-state index in [2.05, 4.69) is 23.1 Å². The molecular formula is C18H25NO. The van der Waals surface area contributed by atoms with Gasteiger partial charge in [0, 0.05) is 24.2 Å². The van der Waals surface area contributed by atoms with Crippen LogP contribution in [0.5, 0.6) is 0 Å². The molecule has 0 saturated heterocycles. The van der Waals surface area contributed by atoms with Crippen LogP contribution in [0.15, 0.2) is 18.2 Å². The van der Waals surface area contributed by atoms with Gasteiger partial charge < -0.3 is 9.69 Å². The maximum atomic E-state index is 11.0. The van der Waals surface area contributed by atoms with Gasteiger partial charge in [0.1, 0.15) is 6.29 Å². The highest BCUT2D eigenvalue weighted by Crippen LogP contribution is 2.34. The van der Waals surface area contributed by atoms with Crippen LogP contribution in [0.4, 0.5) is 5.69 Å². The van der Waals surface area contributed by atoms with Crippen molar-refractivity contribution < 1.29 is 4.79 Å². The van der Waals surface area contributed by atoms with Gasteiger partial charge in [0.05, 0.1) is 0 Å². The number of nitrogens with zero attached hydrogens (tertiary/aromatic N) is 1. The van der Waals surface area contributed by atoms with Gasteiger partial charge in [0.15, 0.2) is 0 Å². The Morgan fingerprint density at radius 2 is 2.00 bits per heavy atom. The van der Waals surface area contributed by atoms with Gasteiger partial charge in [-0.05, 0) is 42.9 Å². The van der Waals surface area contributed by atoms with E-state index in [1.807, 2.05) is 6.92 Å². The van der Waals surface area contributed by atoms with Crippen molar-refractivity contribution in [3.8, 4) is 0 Å². The molecule has 1 heterocycles. The maximum absolute atomic E-state index is 11.0. The average molecular weight is 271 g/mol. The minimum absolute atomic E-state index is 0.0188. The van der Waals surface area contributed by atoms with E-state index in [0.29, 0.717) is 0 Å². The third-order valence-corrected chi connectivity index (χ3v) is 5.00. The molecule has 1 aromatic rings. The van der Waals surface area contributed by atoms with E-state index in [9.17, 15) is 4.79 Å². The zero-order valence-electron chi connectivity index (χ0n) is 12.5. The molecule has 0 spiro atoms. The molecule has 1 unspecified atom stereocenters. The normalized spacial score (nSPS) is 21.4. The minimum atomic E-state index is 0.0188. The summed E-state index contributed by atoms with van der Waals surface area (Å²) in [4.78, 5) is 13.6. The van der Waals surface area contributed by atoms with Crippen molar-refractivity contribution in [3.05, 3.63) is 29.3 Å². The van der Waals surface area contributed by atoms with Crippen LogP contribution in [0.3, 0.4) is 0 Å². The van der Waals surface area contributed by atoms with E-state index in [1.165, 1.54) is 61.9 Å². The Bertz CT molecular complexity index is 476. The van der Waals surface area contributed by atoms with E-state index in [1.54, 1.807) is 0 Å². The number of aryl methyl sites for hydroxylation is 1. The number of anilines is 1. The van der Waals surface area contributed by atoms with Gasteiger partial charge >= 0.3 is 0 Å². The van der Waals surface area contributed by atoms with Crippen LogP contribution in [-0.4, -0.2) is 18.9 Å². The molecule has 1 aromatic carbocycles. The highest BCUT2D eigenvalue weighted by Gasteiger charge is 2.25. The number of benzene rings is 1. The largest absolute Gasteiger partial charge is 0.368 e. The molecule has 1 aliphatic heterocycles. The number of hydrogen-bond donors (Lipinski definition) is 0. The molecule has 20 heavy (non-hydrogen) atoms. The van der Waals surface area contributed by atoms with Crippen LogP contribution in [-0.2, 0) is 11.2 Å². The Balaban J connectivity index is 1.86. The van der Waals surface area contributed by atoms with Crippen molar-refractivity contribution in [3.63, 3.8) is 0 Å². The zero-order valence-corrected chi connectivity index (χ0v) is 12.5. The summed E-state index contributed by atoms with van der Waals surface area (Å²) in [5, 5.41) is 0. The molecular weight excluding hydrogens is 246 g/mol. The predicted octanol–water partition coefficient (Wildman–Crippen LogP) is 4.07. The monoisotopic (exact) mass is 271 g/mol. The second kappa shape index (κ2) is 5.99. The van der Waals surface area contributed by atoms with Gasteiger partial charge in [-0.3, -0.25) is 0 Å². The Morgan fingerprint density at radius 1 is 1.20 bits per heavy atom. The number of carbonyl (C=O) groups is 1. The summed E-state index contributed by atoms with van der Waals surface area (Å²) in [5.41, 5.74) is 4.06. The Hall–Kier alpha value is -1.31. The zero-order chi connectivity index (χ0) is 13.9. The molecule has 0 aromatic heterocycles. The van der Waals surface area contributed by atoms with E-state index < -0.39 is 0 Å². The average Bonchev–Trinajstić information content (AvgIpc) is 2.53. The first kappa shape index (κ1) is 13.7. The summed E-state index contributed by atoms with van der Waals surface area (Å²) >= 11 is 0. The number of aldehydes is 1. The predicted molar refractivity (Wildman–Crippen MR) is 83.5 cm³/mol. The van der Waals surface area contributed by atoms with Crippen LogP contribution in [0.1, 0.15) is 62.5 Å². The summed E-state index contributed by atoms with van der Waals surface area (Å²) < 4.78 is 0. The molecule has 1 aliphatic carbocycles. The summed E-state index contributed by atoms with van der Waals surface area (Å²) in [6.45, 7) is 3.19. The first-order valence-corrected chi connectivity index (χ1v) is 8.14. The SMILES string of the molecule is CC(C=O)c1ccc2c(c1)CCCN2C1CCCCC1. The topological polar surface area (TPSA) is 20.3 Å². The lowest BCUT2D eigenvalue weighted by Crippen LogP contribution is -2.40. The Kier molecular flexibility index (Phi) is 4.09. The van der Waals surface area contributed by atoms with Crippen LogP contribution >= 0.6 is 0 Å². The Labute approximate surface area is 122 Å². The second-order valence-electron chi connectivity index (χ2n) is 6.40. The lowest BCUT2D eigenvalue weighted by atomic mass is 9.89. The van der Waals surface area contributed by atoms with Crippen molar-refractivity contribution in [2.45, 2.75) is 63.8 Å². The molecule has 2 heteroatoms. The lowest BCUT2D eigenvalue weighted by Gasteiger charge is -2.40. The van der Waals surface area contributed by atoms with Crippen molar-refractivity contribution in [1.29, 1.82) is 0 Å². The fraction of sp³-hybridized carbons (Fsp3) is 0.611. The van der Waals surface area contributed by atoms with Crippen LogP contribution in [0, 0.1) is 0 Å². The number of rotatable bonds is 3. The quantitative estimate of drug-likeness (QED) is 0.772. The fourth-order valence-electron chi connectivity index (χ4n) is 3.78. The molecule has 0 N–H and O–H groups in total. The number of hydrogen-bond acceptors (Lipinski definition) is 2. The third kappa shape index (κ3) is 2.61. The third-order valence-electron chi connectivity index (χ3n) is 5.00. The van der Waals surface area contributed by atoms with Crippen LogP contribution in [0.25, 0.3) is 0 Å². The van der Waals surface area contributed by atoms with Gasteiger partial charge in [0.2, 0.25) is 0 Å². The summed E-state index contributed by atoms with van der Waals surface area (Å²) in [5.74, 6) is 0.0188. The van der Waals surface area contributed by atoms with E-state index in [0.717, 1.165) is 18.7 Å². The molecule has 0 amide bonds. The van der Waals surface area contributed by atoms with Crippen LogP contribution in [0.2, 0.25) is 0 Å². The van der Waals surface area contributed by atoms with Gasteiger partial charge in [-0.2, -0.15) is 0 Å².